The highest BCUT2D eigenvalue weighted by Crippen LogP contribution is 2.20. The smallest absolute Gasteiger partial charge is 0.229 e. The molecule has 6 heteroatoms. The quantitative estimate of drug-likeness (QED) is 0.809. The van der Waals surface area contributed by atoms with Crippen molar-refractivity contribution in [2.24, 2.45) is 5.92 Å². The maximum atomic E-state index is 11.9. The first-order valence-electron chi connectivity index (χ1n) is 5.35. The molecular weight excluding hydrogens is 286 g/mol. The lowest BCUT2D eigenvalue weighted by Crippen LogP contribution is -2.40. The molecule has 0 bridgehead atoms. The van der Waals surface area contributed by atoms with Crippen LogP contribution in [-0.4, -0.2) is 23.3 Å². The molecule has 1 aromatic rings. The fraction of sp³-hybridized carbons (Fsp3) is 0.364. The van der Waals surface area contributed by atoms with E-state index in [1.54, 1.807) is 18.3 Å². The fourth-order valence-electron chi connectivity index (χ4n) is 1.67. The van der Waals surface area contributed by atoms with Crippen LogP contribution in [0.5, 0.6) is 0 Å². The first-order valence-corrected chi connectivity index (χ1v) is 6.14. The molecule has 1 atom stereocenters. The third-order valence-corrected chi connectivity index (χ3v) is 3.29. The number of anilines is 1. The normalized spacial score (nSPS) is 19.6. The molecule has 0 aromatic carbocycles. The fourth-order valence-corrected chi connectivity index (χ4v) is 2.02. The maximum absolute atomic E-state index is 11.9. The SMILES string of the molecule is O=C1CCC(C(=O)Nc2cccnc2Br)CN1. The summed E-state index contributed by atoms with van der Waals surface area (Å²) < 4.78 is 0.605. The summed E-state index contributed by atoms with van der Waals surface area (Å²) >= 11 is 3.26. The Balaban J connectivity index is 1.98. The summed E-state index contributed by atoms with van der Waals surface area (Å²) in [6.07, 6.45) is 2.64. The molecule has 1 fully saturated rings. The van der Waals surface area contributed by atoms with Gasteiger partial charge in [-0.05, 0) is 34.5 Å². The Morgan fingerprint density at radius 3 is 3.06 bits per heavy atom. The van der Waals surface area contributed by atoms with Crippen molar-refractivity contribution >= 4 is 33.4 Å². The number of rotatable bonds is 2. The molecule has 0 aliphatic carbocycles. The lowest BCUT2D eigenvalue weighted by atomic mass is 9.98. The average molecular weight is 298 g/mol. The summed E-state index contributed by atoms with van der Waals surface area (Å²) in [7, 11) is 0. The number of hydrogen-bond donors (Lipinski definition) is 2. The predicted octanol–water partition coefficient (Wildman–Crippen LogP) is 1.31. The lowest BCUT2D eigenvalue weighted by molar-refractivity contribution is -0.126. The molecule has 1 aromatic heterocycles. The van der Waals surface area contributed by atoms with Crippen LogP contribution in [0, 0.1) is 5.92 Å². The highest BCUT2D eigenvalue weighted by Gasteiger charge is 2.24. The zero-order chi connectivity index (χ0) is 12.3. The molecule has 5 nitrogen and oxygen atoms in total. The number of aromatic nitrogens is 1. The topological polar surface area (TPSA) is 71.1 Å². The minimum Gasteiger partial charge on any atom is -0.355 e. The van der Waals surface area contributed by atoms with Gasteiger partial charge in [-0.15, -0.1) is 0 Å². The minimum absolute atomic E-state index is 0.0107. The molecule has 1 aliphatic heterocycles. The number of carbonyl (C=O) groups excluding carboxylic acids is 2. The van der Waals surface area contributed by atoms with Gasteiger partial charge in [0.15, 0.2) is 0 Å². The monoisotopic (exact) mass is 297 g/mol. The molecule has 1 aliphatic rings. The summed E-state index contributed by atoms with van der Waals surface area (Å²) in [6, 6.07) is 3.53. The minimum atomic E-state index is -0.167. The van der Waals surface area contributed by atoms with E-state index in [0.29, 0.717) is 29.7 Å². The molecule has 0 saturated carbocycles. The van der Waals surface area contributed by atoms with Gasteiger partial charge in [-0.3, -0.25) is 9.59 Å². The zero-order valence-electron chi connectivity index (χ0n) is 9.07. The van der Waals surface area contributed by atoms with Gasteiger partial charge in [-0.25, -0.2) is 4.98 Å². The van der Waals surface area contributed by atoms with Crippen molar-refractivity contribution in [3.05, 3.63) is 22.9 Å². The second-order valence-electron chi connectivity index (χ2n) is 3.87. The van der Waals surface area contributed by atoms with Gasteiger partial charge < -0.3 is 10.6 Å². The third-order valence-electron chi connectivity index (χ3n) is 2.65. The average Bonchev–Trinajstić information content (AvgIpc) is 2.33. The second kappa shape index (κ2) is 5.27. The van der Waals surface area contributed by atoms with Crippen LogP contribution in [-0.2, 0) is 9.59 Å². The van der Waals surface area contributed by atoms with Crippen molar-refractivity contribution in [1.82, 2.24) is 10.3 Å². The Kier molecular flexibility index (Phi) is 3.73. The molecule has 0 radical (unpaired) electrons. The standard InChI is InChI=1S/C11H12BrN3O2/c12-10-8(2-1-5-13-10)15-11(17)7-3-4-9(16)14-6-7/h1-2,5,7H,3-4,6H2,(H,14,16)(H,15,17). The summed E-state index contributed by atoms with van der Waals surface area (Å²) in [5.41, 5.74) is 0.648. The van der Waals surface area contributed by atoms with E-state index in [-0.39, 0.29) is 17.7 Å². The van der Waals surface area contributed by atoms with E-state index in [1.807, 2.05) is 0 Å². The number of nitrogens with zero attached hydrogens (tertiary/aromatic N) is 1. The Labute approximate surface area is 107 Å². The van der Waals surface area contributed by atoms with Crippen LogP contribution >= 0.6 is 15.9 Å². The van der Waals surface area contributed by atoms with E-state index in [2.05, 4.69) is 31.5 Å². The Morgan fingerprint density at radius 2 is 2.41 bits per heavy atom. The van der Waals surface area contributed by atoms with Gasteiger partial charge in [-0.2, -0.15) is 0 Å². The van der Waals surface area contributed by atoms with Crippen LogP contribution in [0.3, 0.4) is 0 Å². The van der Waals surface area contributed by atoms with Gasteiger partial charge in [-0.1, -0.05) is 0 Å². The van der Waals surface area contributed by atoms with E-state index in [1.165, 1.54) is 0 Å². The van der Waals surface area contributed by atoms with Crippen molar-refractivity contribution in [2.45, 2.75) is 12.8 Å². The number of piperidine rings is 1. The van der Waals surface area contributed by atoms with Gasteiger partial charge in [0, 0.05) is 19.2 Å². The van der Waals surface area contributed by atoms with Crippen molar-refractivity contribution in [3.63, 3.8) is 0 Å². The molecule has 2 rings (SSSR count). The van der Waals surface area contributed by atoms with Crippen LogP contribution in [0.1, 0.15) is 12.8 Å². The highest BCUT2D eigenvalue weighted by atomic mass is 79.9. The molecule has 90 valence electrons. The Hall–Kier alpha value is -1.43. The molecule has 17 heavy (non-hydrogen) atoms. The summed E-state index contributed by atoms with van der Waals surface area (Å²) in [6.45, 7) is 0.405. The predicted molar refractivity (Wildman–Crippen MR) is 66.3 cm³/mol. The number of amides is 2. The molecular formula is C11H12BrN3O2. The van der Waals surface area contributed by atoms with Gasteiger partial charge in [0.1, 0.15) is 4.60 Å². The largest absolute Gasteiger partial charge is 0.355 e. The number of carbonyl (C=O) groups is 2. The van der Waals surface area contributed by atoms with E-state index < -0.39 is 0 Å². The van der Waals surface area contributed by atoms with Crippen molar-refractivity contribution in [3.8, 4) is 0 Å². The molecule has 2 heterocycles. The highest BCUT2D eigenvalue weighted by molar-refractivity contribution is 9.10. The van der Waals surface area contributed by atoms with E-state index in [0.717, 1.165) is 0 Å². The van der Waals surface area contributed by atoms with E-state index in [4.69, 9.17) is 0 Å². The molecule has 1 unspecified atom stereocenters. The summed E-state index contributed by atoms with van der Waals surface area (Å²) in [5, 5.41) is 5.48. The molecule has 2 amide bonds. The number of pyridine rings is 1. The number of halogens is 1. The van der Waals surface area contributed by atoms with Gasteiger partial charge >= 0.3 is 0 Å². The molecule has 1 saturated heterocycles. The van der Waals surface area contributed by atoms with Crippen LogP contribution in [0.2, 0.25) is 0 Å². The molecule has 0 spiro atoms. The van der Waals surface area contributed by atoms with Crippen molar-refractivity contribution in [2.75, 3.05) is 11.9 Å². The van der Waals surface area contributed by atoms with Gasteiger partial charge in [0.2, 0.25) is 11.8 Å². The van der Waals surface area contributed by atoms with Crippen molar-refractivity contribution < 1.29 is 9.59 Å². The first kappa shape index (κ1) is 12.0. The Bertz CT molecular complexity index is 440. The zero-order valence-corrected chi connectivity index (χ0v) is 10.7. The first-order chi connectivity index (χ1) is 8.16. The van der Waals surface area contributed by atoms with E-state index in [9.17, 15) is 9.59 Å². The Morgan fingerprint density at radius 1 is 1.59 bits per heavy atom. The van der Waals surface area contributed by atoms with Crippen LogP contribution in [0.4, 0.5) is 5.69 Å². The van der Waals surface area contributed by atoms with E-state index >= 15 is 0 Å². The van der Waals surface area contributed by atoms with Crippen molar-refractivity contribution in [1.29, 1.82) is 0 Å². The summed E-state index contributed by atoms with van der Waals surface area (Å²) in [5.74, 6) is -0.241. The summed E-state index contributed by atoms with van der Waals surface area (Å²) in [4.78, 5) is 26.9. The van der Waals surface area contributed by atoms with Crippen LogP contribution < -0.4 is 10.6 Å². The van der Waals surface area contributed by atoms with Gasteiger partial charge in [0.05, 0.1) is 11.6 Å². The van der Waals surface area contributed by atoms with Gasteiger partial charge in [0.25, 0.3) is 0 Å². The van der Waals surface area contributed by atoms with Crippen LogP contribution in [0.25, 0.3) is 0 Å². The number of hydrogen-bond acceptors (Lipinski definition) is 3. The van der Waals surface area contributed by atoms with Crippen LogP contribution in [0.15, 0.2) is 22.9 Å². The lowest BCUT2D eigenvalue weighted by Gasteiger charge is -2.21. The third kappa shape index (κ3) is 3.03. The second-order valence-corrected chi connectivity index (χ2v) is 4.62. The molecule has 2 N–H and O–H groups in total. The number of nitrogens with one attached hydrogen (secondary N) is 2. The maximum Gasteiger partial charge on any atom is 0.229 e.